The minimum Gasteiger partial charge on any atom is -0.467 e. The monoisotopic (exact) mass is 236 g/mol. The fourth-order valence-electron chi connectivity index (χ4n) is 1.02. The summed E-state index contributed by atoms with van der Waals surface area (Å²) in [6, 6.07) is 2.47. The minimum absolute atomic E-state index is 0.122. The molecule has 2 amide bonds. The van der Waals surface area contributed by atoms with E-state index in [4.69, 9.17) is 4.42 Å². The zero-order valence-electron chi connectivity index (χ0n) is 8.54. The Morgan fingerprint density at radius 2 is 2.25 bits per heavy atom. The molecule has 1 rings (SSSR count). The molecule has 1 N–H and O–H groups in total. The fraction of sp³-hybridized carbons (Fsp3) is 0.444. The van der Waals surface area contributed by atoms with Gasteiger partial charge in [-0.3, -0.25) is 0 Å². The summed E-state index contributed by atoms with van der Waals surface area (Å²) in [5.74, 6) is 0.504. The van der Waals surface area contributed by atoms with Gasteiger partial charge in [0.2, 0.25) is 0 Å². The van der Waals surface area contributed by atoms with Crippen LogP contribution >= 0.6 is 0 Å². The van der Waals surface area contributed by atoms with Crippen molar-refractivity contribution in [1.82, 2.24) is 10.2 Å². The Balaban J connectivity index is 2.37. The van der Waals surface area contributed by atoms with Gasteiger partial charge in [0, 0.05) is 7.05 Å². The number of carbonyl (C=O) groups excluding carboxylic acids is 1. The van der Waals surface area contributed by atoms with E-state index in [9.17, 15) is 18.0 Å². The summed E-state index contributed by atoms with van der Waals surface area (Å²) in [6.45, 7) is -1.22. The van der Waals surface area contributed by atoms with E-state index in [1.54, 1.807) is 17.4 Å². The summed E-state index contributed by atoms with van der Waals surface area (Å²) in [5.41, 5.74) is 0. The van der Waals surface area contributed by atoms with Crippen molar-refractivity contribution in [2.45, 2.75) is 12.7 Å². The van der Waals surface area contributed by atoms with Crippen LogP contribution in [0.2, 0.25) is 0 Å². The van der Waals surface area contributed by atoms with Crippen molar-refractivity contribution < 1.29 is 22.4 Å². The molecule has 0 aromatic carbocycles. The van der Waals surface area contributed by atoms with Gasteiger partial charge in [0.15, 0.2) is 0 Å². The molecule has 16 heavy (non-hydrogen) atoms. The fourth-order valence-corrected chi connectivity index (χ4v) is 1.02. The number of halogens is 3. The van der Waals surface area contributed by atoms with Crippen LogP contribution < -0.4 is 5.32 Å². The maximum absolute atomic E-state index is 11.8. The van der Waals surface area contributed by atoms with Crippen molar-refractivity contribution in [3.63, 3.8) is 0 Å². The van der Waals surface area contributed by atoms with E-state index in [0.29, 0.717) is 5.76 Å². The Kier molecular flexibility index (Phi) is 3.81. The third-order valence-corrected chi connectivity index (χ3v) is 1.76. The Labute approximate surface area is 90.0 Å². The Hall–Kier alpha value is -1.66. The number of urea groups is 1. The van der Waals surface area contributed by atoms with Crippen LogP contribution in [0.15, 0.2) is 22.8 Å². The molecule has 7 heteroatoms. The third-order valence-electron chi connectivity index (χ3n) is 1.76. The van der Waals surface area contributed by atoms with Crippen molar-refractivity contribution in [2.24, 2.45) is 0 Å². The number of furan rings is 1. The first-order valence-electron chi connectivity index (χ1n) is 4.46. The SMILES string of the molecule is CN(Cc1ccco1)C(=O)NCC(F)(F)F. The molecule has 0 unspecified atom stereocenters. The number of nitrogens with one attached hydrogen (secondary N) is 1. The molecule has 0 aliphatic carbocycles. The van der Waals surface area contributed by atoms with Crippen LogP contribution in [-0.2, 0) is 6.54 Å². The Bertz CT molecular complexity index is 335. The molecule has 0 aliphatic rings. The molecule has 0 bridgehead atoms. The lowest BCUT2D eigenvalue weighted by molar-refractivity contribution is -0.123. The summed E-state index contributed by atoms with van der Waals surface area (Å²) in [7, 11) is 1.38. The van der Waals surface area contributed by atoms with Crippen LogP contribution in [0.25, 0.3) is 0 Å². The number of hydrogen-bond acceptors (Lipinski definition) is 2. The average Bonchev–Trinajstić information content (AvgIpc) is 2.65. The van der Waals surface area contributed by atoms with Crippen LogP contribution in [0.4, 0.5) is 18.0 Å². The van der Waals surface area contributed by atoms with E-state index in [1.165, 1.54) is 13.3 Å². The number of carbonyl (C=O) groups is 1. The molecular formula is C9H11F3N2O2. The first-order chi connectivity index (χ1) is 7.38. The van der Waals surface area contributed by atoms with Gasteiger partial charge in [0.1, 0.15) is 12.3 Å². The maximum Gasteiger partial charge on any atom is 0.405 e. The third kappa shape index (κ3) is 4.24. The summed E-state index contributed by atoms with van der Waals surface area (Å²) in [4.78, 5) is 12.3. The first kappa shape index (κ1) is 12.4. The zero-order valence-corrected chi connectivity index (χ0v) is 8.54. The summed E-state index contributed by atoms with van der Waals surface area (Å²) in [6.07, 6.45) is -2.97. The number of nitrogens with zero attached hydrogens (tertiary/aromatic N) is 1. The number of amides is 2. The quantitative estimate of drug-likeness (QED) is 0.872. The lowest BCUT2D eigenvalue weighted by Crippen LogP contribution is -2.41. The number of hydrogen-bond donors (Lipinski definition) is 1. The topological polar surface area (TPSA) is 45.5 Å². The van der Waals surface area contributed by atoms with Gasteiger partial charge < -0.3 is 14.6 Å². The van der Waals surface area contributed by atoms with Crippen LogP contribution in [0.3, 0.4) is 0 Å². The molecule has 0 aliphatic heterocycles. The van der Waals surface area contributed by atoms with E-state index < -0.39 is 18.8 Å². The van der Waals surface area contributed by atoms with Crippen LogP contribution in [0, 0.1) is 0 Å². The van der Waals surface area contributed by atoms with Crippen molar-refractivity contribution in [3.05, 3.63) is 24.2 Å². The predicted molar refractivity (Wildman–Crippen MR) is 49.6 cm³/mol. The molecule has 1 heterocycles. The largest absolute Gasteiger partial charge is 0.467 e. The highest BCUT2D eigenvalue weighted by Crippen LogP contribution is 2.12. The first-order valence-corrected chi connectivity index (χ1v) is 4.46. The smallest absolute Gasteiger partial charge is 0.405 e. The molecule has 1 aromatic rings. The lowest BCUT2D eigenvalue weighted by atomic mass is 10.4. The molecule has 1 aromatic heterocycles. The number of alkyl halides is 3. The van der Waals surface area contributed by atoms with Gasteiger partial charge in [-0.2, -0.15) is 13.2 Å². The summed E-state index contributed by atoms with van der Waals surface area (Å²) < 4.78 is 40.4. The molecule has 90 valence electrons. The van der Waals surface area contributed by atoms with E-state index in [-0.39, 0.29) is 6.54 Å². The molecule has 0 spiro atoms. The minimum atomic E-state index is -4.40. The molecule has 0 fully saturated rings. The zero-order chi connectivity index (χ0) is 12.2. The summed E-state index contributed by atoms with van der Waals surface area (Å²) >= 11 is 0. The number of rotatable bonds is 3. The van der Waals surface area contributed by atoms with Crippen molar-refractivity contribution in [1.29, 1.82) is 0 Å². The molecule has 0 atom stereocenters. The second-order valence-electron chi connectivity index (χ2n) is 3.21. The molecule has 4 nitrogen and oxygen atoms in total. The Morgan fingerprint density at radius 3 is 2.75 bits per heavy atom. The van der Waals surface area contributed by atoms with Crippen LogP contribution in [-0.4, -0.2) is 30.7 Å². The van der Waals surface area contributed by atoms with Gasteiger partial charge in [-0.25, -0.2) is 4.79 Å². The van der Waals surface area contributed by atoms with Gasteiger partial charge in [0.25, 0.3) is 0 Å². The van der Waals surface area contributed by atoms with Gasteiger partial charge in [-0.1, -0.05) is 0 Å². The van der Waals surface area contributed by atoms with Gasteiger partial charge in [-0.05, 0) is 12.1 Å². The standard InChI is InChI=1S/C9H11F3N2O2/c1-14(5-7-3-2-4-16-7)8(15)13-6-9(10,11)12/h2-4H,5-6H2,1H3,(H,13,15). The molecule has 0 saturated heterocycles. The van der Waals surface area contributed by atoms with Crippen molar-refractivity contribution >= 4 is 6.03 Å². The van der Waals surface area contributed by atoms with E-state index in [2.05, 4.69) is 0 Å². The van der Waals surface area contributed by atoms with Gasteiger partial charge in [0.05, 0.1) is 12.8 Å². The average molecular weight is 236 g/mol. The van der Waals surface area contributed by atoms with E-state index >= 15 is 0 Å². The highest BCUT2D eigenvalue weighted by Gasteiger charge is 2.28. The summed E-state index contributed by atoms with van der Waals surface area (Å²) in [5, 5.41) is 1.76. The van der Waals surface area contributed by atoms with Crippen LogP contribution in [0.5, 0.6) is 0 Å². The molecule has 0 saturated carbocycles. The van der Waals surface area contributed by atoms with E-state index in [0.717, 1.165) is 4.90 Å². The molecule has 0 radical (unpaired) electrons. The highest BCUT2D eigenvalue weighted by atomic mass is 19.4. The van der Waals surface area contributed by atoms with Gasteiger partial charge in [-0.15, -0.1) is 0 Å². The second kappa shape index (κ2) is 4.91. The maximum atomic E-state index is 11.8. The second-order valence-corrected chi connectivity index (χ2v) is 3.21. The van der Waals surface area contributed by atoms with E-state index in [1.807, 2.05) is 0 Å². The van der Waals surface area contributed by atoms with Crippen molar-refractivity contribution in [2.75, 3.05) is 13.6 Å². The normalized spacial score (nSPS) is 11.2. The predicted octanol–water partition coefficient (Wildman–Crippen LogP) is 1.98. The Morgan fingerprint density at radius 1 is 1.56 bits per heavy atom. The van der Waals surface area contributed by atoms with Gasteiger partial charge >= 0.3 is 12.2 Å². The van der Waals surface area contributed by atoms with Crippen molar-refractivity contribution in [3.8, 4) is 0 Å². The lowest BCUT2D eigenvalue weighted by Gasteiger charge is -2.17. The molecular weight excluding hydrogens is 225 g/mol. The van der Waals surface area contributed by atoms with Crippen LogP contribution in [0.1, 0.15) is 5.76 Å². The highest BCUT2D eigenvalue weighted by molar-refractivity contribution is 5.73.